The molecule has 2 aromatic carbocycles. The van der Waals surface area contributed by atoms with Gasteiger partial charge in [0, 0.05) is 32.4 Å². The monoisotopic (exact) mass is 388 g/mol. The topological polar surface area (TPSA) is 39.7 Å². The highest BCUT2D eigenvalue weighted by molar-refractivity contribution is 7.97. The van der Waals surface area contributed by atoms with Gasteiger partial charge < -0.3 is 15.5 Å². The molecule has 0 spiro atoms. The lowest BCUT2D eigenvalue weighted by Crippen LogP contribution is -2.36. The van der Waals surface area contributed by atoms with Gasteiger partial charge in [0.25, 0.3) is 0 Å². The molecule has 0 saturated carbocycles. The highest BCUT2D eigenvalue weighted by atomic mass is 32.2. The van der Waals surface area contributed by atoms with Crippen LogP contribution in [0.15, 0.2) is 47.5 Å². The van der Waals surface area contributed by atoms with E-state index < -0.39 is 0 Å². The van der Waals surface area contributed by atoms with Gasteiger partial charge in [0.05, 0.1) is 0 Å². The largest absolute Gasteiger partial charge is 0.352 e. The van der Waals surface area contributed by atoms with Crippen molar-refractivity contribution in [2.45, 2.75) is 25.4 Å². The van der Waals surface area contributed by atoms with Crippen LogP contribution in [-0.4, -0.2) is 38.3 Å². The van der Waals surface area contributed by atoms with Gasteiger partial charge in [-0.1, -0.05) is 30.3 Å². The second-order valence-electron chi connectivity index (χ2n) is 6.68. The molecule has 0 radical (unpaired) electrons. The van der Waals surface area contributed by atoms with E-state index >= 15 is 0 Å². The number of rotatable bonds is 8. The van der Waals surface area contributed by atoms with Crippen molar-refractivity contribution in [3.8, 4) is 0 Å². The summed E-state index contributed by atoms with van der Waals surface area (Å²) in [4.78, 5) is 6.44. The van der Waals surface area contributed by atoms with Crippen LogP contribution in [0.25, 0.3) is 0 Å². The zero-order valence-electron chi connectivity index (χ0n) is 16.6. The third-order valence-electron chi connectivity index (χ3n) is 4.09. The molecule has 0 heterocycles. The van der Waals surface area contributed by atoms with Crippen molar-refractivity contribution in [3.05, 3.63) is 70.5 Å². The smallest absolute Gasteiger partial charge is 0.191 e. The minimum Gasteiger partial charge on any atom is -0.352 e. The number of benzene rings is 2. The molecule has 2 aromatic rings. The number of halogens is 1. The molecule has 0 fully saturated rings. The quantitative estimate of drug-likeness (QED) is 0.535. The number of thioether (sulfide) groups is 1. The fourth-order valence-corrected chi connectivity index (χ4v) is 3.43. The normalized spacial score (nSPS) is 11.7. The fraction of sp³-hybridized carbons (Fsp3) is 0.381. The maximum Gasteiger partial charge on any atom is 0.191 e. The summed E-state index contributed by atoms with van der Waals surface area (Å²) < 4.78 is 13.5. The number of aliphatic imine (C=N–C) groups is 1. The summed E-state index contributed by atoms with van der Waals surface area (Å²) in [6.45, 7) is 2.22. The van der Waals surface area contributed by atoms with E-state index in [4.69, 9.17) is 0 Å². The maximum absolute atomic E-state index is 13.5. The van der Waals surface area contributed by atoms with Crippen LogP contribution in [0.2, 0.25) is 0 Å². The van der Waals surface area contributed by atoms with Gasteiger partial charge in [-0.2, -0.15) is 11.8 Å². The fourth-order valence-electron chi connectivity index (χ4n) is 2.85. The first-order valence-electron chi connectivity index (χ1n) is 8.95. The predicted molar refractivity (Wildman–Crippen MR) is 114 cm³/mol. The molecule has 6 heteroatoms. The number of hydrogen-bond donors (Lipinski definition) is 2. The Morgan fingerprint density at radius 3 is 2.48 bits per heavy atom. The number of hydrogen-bond acceptors (Lipinski definition) is 3. The molecular weight excluding hydrogens is 359 g/mol. The maximum atomic E-state index is 13.5. The summed E-state index contributed by atoms with van der Waals surface area (Å²) in [5, 5.41) is 6.67. The van der Waals surface area contributed by atoms with Crippen molar-refractivity contribution >= 4 is 17.7 Å². The lowest BCUT2D eigenvalue weighted by atomic mass is 10.1. The molecule has 0 aliphatic heterocycles. The molecule has 146 valence electrons. The number of guanidine groups is 1. The second kappa shape index (κ2) is 10.9. The van der Waals surface area contributed by atoms with Crippen molar-refractivity contribution in [2.24, 2.45) is 4.99 Å². The SMILES string of the molecule is CN=C(NCc1cccc(CN(C)C)c1)NCc1ccc(F)cc1CSC. The van der Waals surface area contributed by atoms with Crippen LogP contribution in [0.3, 0.4) is 0 Å². The van der Waals surface area contributed by atoms with E-state index in [-0.39, 0.29) is 5.82 Å². The number of nitrogens with zero attached hydrogens (tertiary/aromatic N) is 2. The zero-order valence-corrected chi connectivity index (χ0v) is 17.4. The third kappa shape index (κ3) is 7.23. The Morgan fingerprint density at radius 2 is 1.78 bits per heavy atom. The van der Waals surface area contributed by atoms with Crippen molar-refractivity contribution < 1.29 is 4.39 Å². The highest BCUT2D eigenvalue weighted by Gasteiger charge is 2.06. The molecule has 0 saturated heterocycles. The molecule has 4 nitrogen and oxygen atoms in total. The molecule has 2 rings (SSSR count). The molecule has 0 bridgehead atoms. The first-order valence-corrected chi connectivity index (χ1v) is 10.3. The molecule has 2 N–H and O–H groups in total. The summed E-state index contributed by atoms with van der Waals surface area (Å²) in [6, 6.07) is 13.5. The van der Waals surface area contributed by atoms with Gasteiger partial charge in [-0.05, 0) is 54.7 Å². The van der Waals surface area contributed by atoms with E-state index in [2.05, 4.69) is 58.9 Å². The lowest BCUT2D eigenvalue weighted by Gasteiger charge is -2.15. The first-order chi connectivity index (χ1) is 13.0. The number of nitrogens with one attached hydrogen (secondary N) is 2. The summed E-state index contributed by atoms with van der Waals surface area (Å²) in [5.41, 5.74) is 4.60. The van der Waals surface area contributed by atoms with Gasteiger partial charge in [0.2, 0.25) is 0 Å². The Bertz CT molecular complexity index is 762. The van der Waals surface area contributed by atoms with Crippen LogP contribution in [0.5, 0.6) is 0 Å². The molecule has 0 aromatic heterocycles. The lowest BCUT2D eigenvalue weighted by molar-refractivity contribution is 0.402. The van der Waals surface area contributed by atoms with Gasteiger partial charge >= 0.3 is 0 Å². The van der Waals surface area contributed by atoms with Crippen molar-refractivity contribution in [1.29, 1.82) is 0 Å². The predicted octanol–water partition coefficient (Wildman–Crippen LogP) is 3.62. The van der Waals surface area contributed by atoms with Crippen LogP contribution < -0.4 is 10.6 Å². The minimum atomic E-state index is -0.192. The summed E-state index contributed by atoms with van der Waals surface area (Å²) in [6.07, 6.45) is 2.02. The minimum absolute atomic E-state index is 0.192. The Balaban J connectivity index is 1.93. The second-order valence-corrected chi connectivity index (χ2v) is 7.55. The average Bonchev–Trinajstić information content (AvgIpc) is 2.63. The average molecular weight is 389 g/mol. The van der Waals surface area contributed by atoms with E-state index in [1.807, 2.05) is 12.3 Å². The van der Waals surface area contributed by atoms with Crippen LogP contribution in [0.4, 0.5) is 4.39 Å². The molecule has 27 heavy (non-hydrogen) atoms. The van der Waals surface area contributed by atoms with Crippen molar-refractivity contribution in [1.82, 2.24) is 15.5 Å². The van der Waals surface area contributed by atoms with Crippen LogP contribution in [0, 0.1) is 5.82 Å². The van der Waals surface area contributed by atoms with E-state index in [1.165, 1.54) is 17.2 Å². The molecule has 0 atom stereocenters. The van der Waals surface area contributed by atoms with E-state index in [0.29, 0.717) is 13.1 Å². The van der Waals surface area contributed by atoms with E-state index in [0.717, 1.165) is 29.4 Å². The van der Waals surface area contributed by atoms with Crippen LogP contribution in [0.1, 0.15) is 22.3 Å². The Morgan fingerprint density at radius 1 is 1.04 bits per heavy atom. The first kappa shape index (κ1) is 21.3. The van der Waals surface area contributed by atoms with Gasteiger partial charge in [-0.15, -0.1) is 0 Å². The standard InChI is InChI=1S/C21H29FN4S/c1-23-21(24-12-16-6-5-7-17(10-16)14-26(2)3)25-13-18-8-9-20(22)11-19(18)15-27-4/h5-11H,12-15H2,1-4H3,(H2,23,24,25). The Labute approximate surface area is 166 Å². The molecule has 0 aliphatic rings. The Hall–Kier alpha value is -2.05. The van der Waals surface area contributed by atoms with Gasteiger partial charge in [-0.3, -0.25) is 4.99 Å². The Kier molecular flexibility index (Phi) is 8.61. The summed E-state index contributed by atoms with van der Waals surface area (Å²) in [7, 11) is 5.89. The van der Waals surface area contributed by atoms with Crippen LogP contribution in [-0.2, 0) is 25.4 Å². The van der Waals surface area contributed by atoms with Gasteiger partial charge in [0.15, 0.2) is 5.96 Å². The van der Waals surface area contributed by atoms with E-state index in [9.17, 15) is 4.39 Å². The van der Waals surface area contributed by atoms with Crippen molar-refractivity contribution in [3.63, 3.8) is 0 Å². The third-order valence-corrected chi connectivity index (χ3v) is 4.69. The molecular formula is C21H29FN4S. The molecule has 0 unspecified atom stereocenters. The van der Waals surface area contributed by atoms with Gasteiger partial charge in [0.1, 0.15) is 5.82 Å². The summed E-state index contributed by atoms with van der Waals surface area (Å²) in [5.74, 6) is 1.33. The zero-order chi connectivity index (χ0) is 19.6. The van der Waals surface area contributed by atoms with Gasteiger partial charge in [-0.25, -0.2) is 4.39 Å². The molecule has 0 amide bonds. The highest BCUT2D eigenvalue weighted by Crippen LogP contribution is 2.16. The van der Waals surface area contributed by atoms with Crippen molar-refractivity contribution in [2.75, 3.05) is 27.4 Å². The van der Waals surface area contributed by atoms with E-state index in [1.54, 1.807) is 24.9 Å². The molecule has 0 aliphatic carbocycles. The van der Waals surface area contributed by atoms with Crippen LogP contribution >= 0.6 is 11.8 Å². The summed E-state index contributed by atoms with van der Waals surface area (Å²) >= 11 is 1.69.